The van der Waals surface area contributed by atoms with Crippen LogP contribution < -0.4 is 16.0 Å². The van der Waals surface area contributed by atoms with E-state index in [4.69, 9.17) is 10.7 Å². The van der Waals surface area contributed by atoms with Gasteiger partial charge in [0.05, 0.1) is 5.52 Å². The zero-order chi connectivity index (χ0) is 19.2. The van der Waals surface area contributed by atoms with E-state index in [-0.39, 0.29) is 0 Å². The minimum Gasteiger partial charge on any atom is -0.383 e. The minimum atomic E-state index is 0.604. The number of fused-ring (bicyclic) bond motifs is 1. The van der Waals surface area contributed by atoms with Crippen LogP contribution in [0.5, 0.6) is 0 Å². The topological polar surface area (TPSA) is 54.2 Å². The molecule has 0 amide bonds. The van der Waals surface area contributed by atoms with Crippen molar-refractivity contribution < 1.29 is 0 Å². The Hall–Kier alpha value is -2.59. The fourth-order valence-electron chi connectivity index (χ4n) is 3.46. The smallest absolute Gasteiger partial charge is 0.131 e. The highest BCUT2D eigenvalue weighted by Gasteiger charge is 2.13. The molecule has 0 aliphatic carbocycles. The molecule has 142 valence electrons. The molecule has 0 fully saturated rings. The number of nitrogens with two attached hydrogens (primary N) is 1. The molecule has 4 heteroatoms. The van der Waals surface area contributed by atoms with E-state index in [1.165, 1.54) is 16.7 Å². The number of anilines is 2. The zero-order valence-corrected chi connectivity index (χ0v) is 16.6. The number of benzene rings is 2. The van der Waals surface area contributed by atoms with E-state index in [1.54, 1.807) is 0 Å². The first-order valence-corrected chi connectivity index (χ1v) is 9.83. The molecule has 2 aromatic carbocycles. The monoisotopic (exact) mass is 362 g/mol. The molecule has 27 heavy (non-hydrogen) atoms. The molecule has 0 aliphatic heterocycles. The van der Waals surface area contributed by atoms with Gasteiger partial charge in [-0.2, -0.15) is 0 Å². The Bertz CT molecular complexity index is 904. The Labute approximate surface area is 162 Å². The molecule has 4 nitrogen and oxygen atoms in total. The number of aromatic nitrogens is 1. The summed E-state index contributed by atoms with van der Waals surface area (Å²) in [5, 5.41) is 4.63. The highest BCUT2D eigenvalue weighted by Crippen LogP contribution is 2.29. The van der Waals surface area contributed by atoms with Crippen LogP contribution in [0.4, 0.5) is 11.5 Å². The SMILES string of the molecule is CCc1ccccc1CN(CC)c1cc(NCCN)c2cc(C)ccc2n1. The lowest BCUT2D eigenvalue weighted by Gasteiger charge is -2.25. The van der Waals surface area contributed by atoms with E-state index >= 15 is 0 Å². The highest BCUT2D eigenvalue weighted by atomic mass is 15.2. The molecule has 3 rings (SSSR count). The van der Waals surface area contributed by atoms with Gasteiger partial charge in [-0.05, 0) is 43.5 Å². The van der Waals surface area contributed by atoms with E-state index in [0.717, 1.165) is 48.5 Å². The highest BCUT2D eigenvalue weighted by molar-refractivity contribution is 5.93. The third kappa shape index (κ3) is 4.40. The number of rotatable bonds is 8. The van der Waals surface area contributed by atoms with E-state index in [9.17, 15) is 0 Å². The maximum atomic E-state index is 5.72. The summed E-state index contributed by atoms with van der Waals surface area (Å²) in [6.07, 6.45) is 1.04. The molecule has 1 heterocycles. The van der Waals surface area contributed by atoms with Gasteiger partial charge in [0, 0.05) is 43.3 Å². The Kier molecular flexibility index (Phi) is 6.30. The summed E-state index contributed by atoms with van der Waals surface area (Å²) in [5.41, 5.74) is 11.8. The fraction of sp³-hybridized carbons (Fsp3) is 0.348. The molecule has 3 aromatic rings. The summed E-state index contributed by atoms with van der Waals surface area (Å²) in [6.45, 7) is 9.62. The Morgan fingerprint density at radius 1 is 1.04 bits per heavy atom. The molecular weight excluding hydrogens is 332 g/mol. The van der Waals surface area contributed by atoms with Gasteiger partial charge in [-0.25, -0.2) is 4.98 Å². The summed E-state index contributed by atoms with van der Waals surface area (Å²) in [6, 6.07) is 17.2. The molecular formula is C23H30N4. The molecule has 0 bridgehead atoms. The van der Waals surface area contributed by atoms with Gasteiger partial charge in [-0.15, -0.1) is 0 Å². The first kappa shape index (κ1) is 19.2. The van der Waals surface area contributed by atoms with Crippen LogP contribution in [0.1, 0.15) is 30.5 Å². The summed E-state index contributed by atoms with van der Waals surface area (Å²) < 4.78 is 0. The third-order valence-electron chi connectivity index (χ3n) is 4.98. The maximum absolute atomic E-state index is 5.72. The lowest BCUT2D eigenvalue weighted by atomic mass is 10.0. The van der Waals surface area contributed by atoms with Crippen molar-refractivity contribution in [2.75, 3.05) is 29.9 Å². The average Bonchev–Trinajstić information content (AvgIpc) is 2.70. The molecule has 0 spiro atoms. The van der Waals surface area contributed by atoms with Crippen molar-refractivity contribution in [2.45, 2.75) is 33.7 Å². The molecule has 0 radical (unpaired) electrons. The van der Waals surface area contributed by atoms with Crippen LogP contribution in [0.25, 0.3) is 10.9 Å². The van der Waals surface area contributed by atoms with Crippen LogP contribution in [0.2, 0.25) is 0 Å². The normalized spacial score (nSPS) is 11.0. The second kappa shape index (κ2) is 8.87. The van der Waals surface area contributed by atoms with Crippen LogP contribution in [-0.2, 0) is 13.0 Å². The number of hydrogen-bond donors (Lipinski definition) is 2. The summed E-state index contributed by atoms with van der Waals surface area (Å²) in [7, 11) is 0. The average molecular weight is 363 g/mol. The van der Waals surface area contributed by atoms with E-state index in [0.29, 0.717) is 6.54 Å². The fourth-order valence-corrected chi connectivity index (χ4v) is 3.46. The van der Waals surface area contributed by atoms with Crippen LogP contribution in [0, 0.1) is 6.92 Å². The van der Waals surface area contributed by atoms with Gasteiger partial charge in [0.25, 0.3) is 0 Å². The van der Waals surface area contributed by atoms with Gasteiger partial charge in [0.2, 0.25) is 0 Å². The maximum Gasteiger partial charge on any atom is 0.131 e. The zero-order valence-electron chi connectivity index (χ0n) is 16.6. The number of aryl methyl sites for hydroxylation is 2. The second-order valence-corrected chi connectivity index (χ2v) is 6.90. The van der Waals surface area contributed by atoms with Crippen molar-refractivity contribution in [2.24, 2.45) is 5.73 Å². The number of nitrogens with one attached hydrogen (secondary N) is 1. The Morgan fingerprint density at radius 2 is 1.81 bits per heavy atom. The summed E-state index contributed by atoms with van der Waals surface area (Å²) >= 11 is 0. The van der Waals surface area contributed by atoms with E-state index in [2.05, 4.69) is 79.5 Å². The van der Waals surface area contributed by atoms with Crippen molar-refractivity contribution in [3.05, 3.63) is 65.2 Å². The van der Waals surface area contributed by atoms with E-state index in [1.807, 2.05) is 0 Å². The third-order valence-corrected chi connectivity index (χ3v) is 4.98. The molecule has 0 saturated carbocycles. The van der Waals surface area contributed by atoms with Gasteiger partial charge in [0.15, 0.2) is 0 Å². The van der Waals surface area contributed by atoms with Gasteiger partial charge < -0.3 is 16.0 Å². The second-order valence-electron chi connectivity index (χ2n) is 6.90. The largest absolute Gasteiger partial charge is 0.383 e. The summed E-state index contributed by atoms with van der Waals surface area (Å²) in [5.74, 6) is 0.999. The first-order chi connectivity index (χ1) is 13.2. The Balaban J connectivity index is 2.01. The van der Waals surface area contributed by atoms with Crippen molar-refractivity contribution in [3.8, 4) is 0 Å². The van der Waals surface area contributed by atoms with Crippen molar-refractivity contribution in [1.82, 2.24) is 4.98 Å². The standard InChI is InChI=1S/C23H30N4/c1-4-18-8-6-7-9-19(18)16-27(5-2)23-15-22(25-13-12-24)20-14-17(3)10-11-21(20)26-23/h6-11,14-15H,4-5,12-13,16,24H2,1-3H3,(H,25,26). The predicted molar refractivity (Wildman–Crippen MR) is 117 cm³/mol. The molecule has 0 unspecified atom stereocenters. The van der Waals surface area contributed by atoms with Crippen LogP contribution in [0.3, 0.4) is 0 Å². The van der Waals surface area contributed by atoms with Crippen LogP contribution >= 0.6 is 0 Å². The number of pyridine rings is 1. The lowest BCUT2D eigenvalue weighted by molar-refractivity contribution is 0.808. The van der Waals surface area contributed by atoms with Gasteiger partial charge >= 0.3 is 0 Å². The van der Waals surface area contributed by atoms with Gasteiger partial charge in [-0.1, -0.05) is 42.8 Å². The molecule has 0 atom stereocenters. The van der Waals surface area contributed by atoms with Crippen molar-refractivity contribution >= 4 is 22.4 Å². The minimum absolute atomic E-state index is 0.604. The molecule has 0 saturated heterocycles. The number of hydrogen-bond acceptors (Lipinski definition) is 4. The quantitative estimate of drug-likeness (QED) is 0.619. The van der Waals surface area contributed by atoms with Crippen molar-refractivity contribution in [3.63, 3.8) is 0 Å². The van der Waals surface area contributed by atoms with E-state index < -0.39 is 0 Å². The van der Waals surface area contributed by atoms with Gasteiger partial charge in [-0.3, -0.25) is 0 Å². The van der Waals surface area contributed by atoms with Crippen LogP contribution in [0.15, 0.2) is 48.5 Å². The molecule has 3 N–H and O–H groups in total. The van der Waals surface area contributed by atoms with Crippen molar-refractivity contribution in [1.29, 1.82) is 0 Å². The Morgan fingerprint density at radius 3 is 2.52 bits per heavy atom. The van der Waals surface area contributed by atoms with Crippen LogP contribution in [-0.4, -0.2) is 24.6 Å². The summed E-state index contributed by atoms with van der Waals surface area (Å²) in [4.78, 5) is 7.30. The predicted octanol–water partition coefficient (Wildman–Crippen LogP) is 4.50. The van der Waals surface area contributed by atoms with Gasteiger partial charge in [0.1, 0.15) is 5.82 Å². The molecule has 1 aromatic heterocycles. The lowest BCUT2D eigenvalue weighted by Crippen LogP contribution is -2.24. The first-order valence-electron chi connectivity index (χ1n) is 9.83. The molecule has 0 aliphatic rings. The number of nitrogens with zero attached hydrogens (tertiary/aromatic N) is 2.